The molecule has 122 valence electrons. The predicted octanol–water partition coefficient (Wildman–Crippen LogP) is 2.86. The van der Waals surface area contributed by atoms with Crippen LogP contribution in [0.25, 0.3) is 0 Å². The summed E-state index contributed by atoms with van der Waals surface area (Å²) >= 11 is 0. The number of nitrogens with one attached hydrogen (secondary N) is 1. The Hall–Kier alpha value is -0.160. The van der Waals surface area contributed by atoms with Crippen molar-refractivity contribution in [2.24, 2.45) is 5.92 Å². The maximum absolute atomic E-state index is 5.56. The fourth-order valence-corrected chi connectivity index (χ4v) is 1.70. The predicted molar refractivity (Wildman–Crippen MR) is 84.3 cm³/mol. The molecule has 0 aromatic carbocycles. The maximum atomic E-state index is 5.56. The molecule has 1 unspecified atom stereocenters. The number of unbranched alkanes of at least 4 members (excludes halogenated alkanes) is 1. The molecule has 0 bridgehead atoms. The van der Waals surface area contributed by atoms with Gasteiger partial charge in [-0.05, 0) is 38.3 Å². The second kappa shape index (κ2) is 16.9. The number of ether oxygens (including phenoxy) is 3. The van der Waals surface area contributed by atoms with Crippen LogP contribution < -0.4 is 5.32 Å². The molecule has 0 spiro atoms. The summed E-state index contributed by atoms with van der Waals surface area (Å²) in [5.74, 6) is 0.675. The quantitative estimate of drug-likeness (QED) is 0.444. The monoisotopic (exact) mass is 289 g/mol. The smallest absolute Gasteiger partial charge is 0.0701 e. The number of rotatable bonds is 16. The minimum Gasteiger partial charge on any atom is -0.379 e. The summed E-state index contributed by atoms with van der Waals surface area (Å²) in [5, 5.41) is 3.43. The van der Waals surface area contributed by atoms with Crippen LogP contribution in [-0.2, 0) is 14.2 Å². The lowest BCUT2D eigenvalue weighted by molar-refractivity contribution is 0.0121. The zero-order valence-corrected chi connectivity index (χ0v) is 13.8. The van der Waals surface area contributed by atoms with Gasteiger partial charge < -0.3 is 19.5 Å². The van der Waals surface area contributed by atoms with Gasteiger partial charge in [-0.2, -0.15) is 0 Å². The Morgan fingerprint density at radius 2 is 1.40 bits per heavy atom. The van der Waals surface area contributed by atoms with E-state index < -0.39 is 0 Å². The van der Waals surface area contributed by atoms with Crippen molar-refractivity contribution in [2.45, 2.75) is 46.5 Å². The highest BCUT2D eigenvalue weighted by Crippen LogP contribution is 2.00. The highest BCUT2D eigenvalue weighted by atomic mass is 16.5. The zero-order chi connectivity index (χ0) is 14.9. The van der Waals surface area contributed by atoms with Crippen LogP contribution in [0.2, 0.25) is 0 Å². The first-order valence-electron chi connectivity index (χ1n) is 8.25. The Balaban J connectivity index is 3.05. The molecule has 0 aromatic rings. The van der Waals surface area contributed by atoms with Gasteiger partial charge in [-0.1, -0.05) is 27.2 Å². The van der Waals surface area contributed by atoms with Gasteiger partial charge in [0.15, 0.2) is 0 Å². The molecule has 1 atom stereocenters. The summed E-state index contributed by atoms with van der Waals surface area (Å²) in [6, 6.07) is 0. The van der Waals surface area contributed by atoms with Crippen molar-refractivity contribution in [3.8, 4) is 0 Å². The standard InChI is InChI=1S/C16H35NO3/c1-4-6-9-18-11-13-20-14-12-19-10-7-16(3)15-17-8-5-2/h16-17H,4-15H2,1-3H3. The van der Waals surface area contributed by atoms with E-state index in [1.54, 1.807) is 0 Å². The van der Waals surface area contributed by atoms with E-state index in [0.29, 0.717) is 32.3 Å². The number of hydrogen-bond donors (Lipinski definition) is 1. The lowest BCUT2D eigenvalue weighted by atomic mass is 10.1. The van der Waals surface area contributed by atoms with Crippen LogP contribution in [0.4, 0.5) is 0 Å². The molecule has 0 rings (SSSR count). The molecule has 0 saturated carbocycles. The van der Waals surface area contributed by atoms with Gasteiger partial charge in [0, 0.05) is 13.2 Å². The average Bonchev–Trinajstić information content (AvgIpc) is 2.45. The van der Waals surface area contributed by atoms with Crippen molar-refractivity contribution in [1.29, 1.82) is 0 Å². The summed E-state index contributed by atoms with van der Waals surface area (Å²) in [6.45, 7) is 13.2. The molecule has 0 heterocycles. The lowest BCUT2D eigenvalue weighted by Gasteiger charge is -2.12. The normalized spacial score (nSPS) is 12.8. The van der Waals surface area contributed by atoms with Crippen LogP contribution in [0.15, 0.2) is 0 Å². The van der Waals surface area contributed by atoms with Crippen LogP contribution in [0.1, 0.15) is 46.5 Å². The van der Waals surface area contributed by atoms with Crippen LogP contribution in [0.3, 0.4) is 0 Å². The van der Waals surface area contributed by atoms with E-state index in [0.717, 1.165) is 39.1 Å². The van der Waals surface area contributed by atoms with Crippen LogP contribution in [-0.4, -0.2) is 52.7 Å². The van der Waals surface area contributed by atoms with E-state index in [-0.39, 0.29) is 0 Å². The molecule has 0 aliphatic heterocycles. The Bertz CT molecular complexity index is 179. The van der Waals surface area contributed by atoms with Gasteiger partial charge in [-0.15, -0.1) is 0 Å². The highest BCUT2D eigenvalue weighted by Gasteiger charge is 2.01. The molecule has 4 nitrogen and oxygen atoms in total. The molecule has 0 aliphatic carbocycles. The first kappa shape index (κ1) is 19.8. The molecule has 4 heteroatoms. The molecule has 0 saturated heterocycles. The van der Waals surface area contributed by atoms with Crippen LogP contribution in [0.5, 0.6) is 0 Å². The third-order valence-electron chi connectivity index (χ3n) is 3.06. The molecule has 1 N–H and O–H groups in total. The van der Waals surface area contributed by atoms with Gasteiger partial charge >= 0.3 is 0 Å². The first-order valence-corrected chi connectivity index (χ1v) is 8.25. The Morgan fingerprint density at radius 3 is 2.00 bits per heavy atom. The summed E-state index contributed by atoms with van der Waals surface area (Å²) in [6.07, 6.45) is 4.62. The minimum absolute atomic E-state index is 0.666. The van der Waals surface area contributed by atoms with Gasteiger partial charge in [0.25, 0.3) is 0 Å². The van der Waals surface area contributed by atoms with Crippen LogP contribution >= 0.6 is 0 Å². The molecule has 0 fully saturated rings. The third-order valence-corrected chi connectivity index (χ3v) is 3.06. The average molecular weight is 289 g/mol. The van der Waals surface area contributed by atoms with E-state index in [1.165, 1.54) is 12.8 Å². The molecule has 0 amide bonds. The molecular formula is C16H35NO3. The SMILES string of the molecule is CCCCOCCOCCOCCC(C)CNCCC. The lowest BCUT2D eigenvalue weighted by Crippen LogP contribution is -2.22. The van der Waals surface area contributed by atoms with E-state index in [4.69, 9.17) is 14.2 Å². The van der Waals surface area contributed by atoms with Gasteiger partial charge in [0.05, 0.1) is 26.4 Å². The molecule has 0 aromatic heterocycles. The van der Waals surface area contributed by atoms with E-state index in [1.807, 2.05) is 0 Å². The molecule has 0 aliphatic rings. The molecule has 20 heavy (non-hydrogen) atoms. The second-order valence-electron chi connectivity index (χ2n) is 5.29. The topological polar surface area (TPSA) is 39.7 Å². The third kappa shape index (κ3) is 15.9. The van der Waals surface area contributed by atoms with Crippen molar-refractivity contribution in [3.63, 3.8) is 0 Å². The second-order valence-corrected chi connectivity index (χ2v) is 5.29. The van der Waals surface area contributed by atoms with E-state index >= 15 is 0 Å². The van der Waals surface area contributed by atoms with Crippen molar-refractivity contribution in [2.75, 3.05) is 52.7 Å². The Morgan fingerprint density at radius 1 is 0.800 bits per heavy atom. The molecule has 0 radical (unpaired) electrons. The largest absolute Gasteiger partial charge is 0.379 e. The van der Waals surface area contributed by atoms with Crippen molar-refractivity contribution < 1.29 is 14.2 Å². The summed E-state index contributed by atoms with van der Waals surface area (Å²) in [4.78, 5) is 0. The highest BCUT2D eigenvalue weighted by molar-refractivity contribution is 4.56. The summed E-state index contributed by atoms with van der Waals surface area (Å²) < 4.78 is 16.4. The van der Waals surface area contributed by atoms with Gasteiger partial charge in [-0.3, -0.25) is 0 Å². The van der Waals surface area contributed by atoms with E-state index in [9.17, 15) is 0 Å². The van der Waals surface area contributed by atoms with Gasteiger partial charge in [0.1, 0.15) is 0 Å². The van der Waals surface area contributed by atoms with E-state index in [2.05, 4.69) is 26.1 Å². The summed E-state index contributed by atoms with van der Waals surface area (Å²) in [7, 11) is 0. The fraction of sp³-hybridized carbons (Fsp3) is 1.00. The van der Waals surface area contributed by atoms with Crippen molar-refractivity contribution in [3.05, 3.63) is 0 Å². The summed E-state index contributed by atoms with van der Waals surface area (Å²) in [5.41, 5.74) is 0. The van der Waals surface area contributed by atoms with Gasteiger partial charge in [-0.25, -0.2) is 0 Å². The minimum atomic E-state index is 0.666. The fourth-order valence-electron chi connectivity index (χ4n) is 1.70. The number of hydrogen-bond acceptors (Lipinski definition) is 4. The maximum Gasteiger partial charge on any atom is 0.0701 e. The van der Waals surface area contributed by atoms with Crippen molar-refractivity contribution >= 4 is 0 Å². The first-order chi connectivity index (χ1) is 9.81. The molecular weight excluding hydrogens is 254 g/mol. The Kier molecular flexibility index (Phi) is 16.8. The van der Waals surface area contributed by atoms with Crippen molar-refractivity contribution in [1.82, 2.24) is 5.32 Å². The van der Waals surface area contributed by atoms with Gasteiger partial charge in [0.2, 0.25) is 0 Å². The zero-order valence-electron chi connectivity index (χ0n) is 13.8. The Labute approximate surface area is 125 Å². The van der Waals surface area contributed by atoms with Crippen LogP contribution in [0, 0.1) is 5.92 Å².